The van der Waals surface area contributed by atoms with Crippen molar-refractivity contribution in [3.8, 4) is 5.75 Å². The molecule has 2 N–H and O–H groups in total. The van der Waals surface area contributed by atoms with E-state index in [1.807, 2.05) is 12.1 Å². The van der Waals surface area contributed by atoms with E-state index in [0.29, 0.717) is 5.92 Å². The van der Waals surface area contributed by atoms with Crippen LogP contribution in [-0.2, 0) is 6.42 Å². The zero-order chi connectivity index (χ0) is 12.9. The second-order valence-corrected chi connectivity index (χ2v) is 5.16. The largest absolute Gasteiger partial charge is 0.497 e. The summed E-state index contributed by atoms with van der Waals surface area (Å²) in [5.74, 6) is 1.46. The highest BCUT2D eigenvalue weighted by Gasteiger charge is 2.24. The van der Waals surface area contributed by atoms with Crippen molar-refractivity contribution < 1.29 is 4.74 Å². The Kier molecular flexibility index (Phi) is 5.01. The van der Waals surface area contributed by atoms with Gasteiger partial charge in [0.05, 0.1) is 7.11 Å². The van der Waals surface area contributed by atoms with Crippen LogP contribution in [0.1, 0.15) is 39.2 Å². The number of nitrogens with two attached hydrogens (primary N) is 1. The summed E-state index contributed by atoms with van der Waals surface area (Å²) in [7, 11) is 1.69. The van der Waals surface area contributed by atoms with Crippen LogP contribution in [0.4, 0.5) is 0 Å². The van der Waals surface area contributed by atoms with Gasteiger partial charge >= 0.3 is 0 Å². The molecule has 0 aliphatic carbocycles. The van der Waals surface area contributed by atoms with Gasteiger partial charge in [0.1, 0.15) is 5.75 Å². The lowest BCUT2D eigenvalue weighted by Gasteiger charge is -2.31. The molecule has 0 bridgehead atoms. The minimum absolute atomic E-state index is 0.0747. The molecular weight excluding hydrogens is 210 g/mol. The number of benzene rings is 1. The Morgan fingerprint density at radius 1 is 1.29 bits per heavy atom. The molecule has 2 atom stereocenters. The van der Waals surface area contributed by atoms with Crippen molar-refractivity contribution >= 4 is 0 Å². The normalized spacial score (nSPS) is 16.3. The summed E-state index contributed by atoms with van der Waals surface area (Å²) in [6.07, 6.45) is 3.19. The first-order valence-electron chi connectivity index (χ1n) is 6.41. The molecule has 0 spiro atoms. The molecule has 2 heteroatoms. The molecule has 0 aliphatic heterocycles. The second kappa shape index (κ2) is 6.06. The fraction of sp³-hybridized carbons (Fsp3) is 0.600. The quantitative estimate of drug-likeness (QED) is 0.820. The lowest BCUT2D eigenvalue weighted by Crippen LogP contribution is -2.43. The van der Waals surface area contributed by atoms with Gasteiger partial charge in [-0.15, -0.1) is 0 Å². The van der Waals surface area contributed by atoms with Crippen LogP contribution in [0, 0.1) is 5.92 Å². The van der Waals surface area contributed by atoms with Crippen LogP contribution in [0.25, 0.3) is 0 Å². The summed E-state index contributed by atoms with van der Waals surface area (Å²) >= 11 is 0. The first kappa shape index (κ1) is 14.0. The number of methoxy groups -OCH3 is 1. The lowest BCUT2D eigenvalue weighted by molar-refractivity contribution is 0.289. The smallest absolute Gasteiger partial charge is 0.118 e. The average molecular weight is 235 g/mol. The Morgan fingerprint density at radius 3 is 2.35 bits per heavy atom. The molecule has 0 saturated heterocycles. The van der Waals surface area contributed by atoms with Crippen molar-refractivity contribution in [1.82, 2.24) is 0 Å². The maximum absolute atomic E-state index is 6.35. The zero-order valence-electron chi connectivity index (χ0n) is 11.5. The van der Waals surface area contributed by atoms with Gasteiger partial charge in [-0.2, -0.15) is 0 Å². The highest BCUT2D eigenvalue weighted by molar-refractivity contribution is 5.27. The van der Waals surface area contributed by atoms with Crippen LogP contribution in [0.2, 0.25) is 0 Å². The molecule has 0 aromatic heterocycles. The SMILES string of the molecule is CCC(C)C(C)(N)CCc1ccc(OC)cc1. The number of hydrogen-bond acceptors (Lipinski definition) is 2. The second-order valence-electron chi connectivity index (χ2n) is 5.16. The number of hydrogen-bond donors (Lipinski definition) is 1. The van der Waals surface area contributed by atoms with Crippen LogP contribution in [0.3, 0.4) is 0 Å². The molecule has 17 heavy (non-hydrogen) atoms. The van der Waals surface area contributed by atoms with Crippen LogP contribution >= 0.6 is 0 Å². The summed E-state index contributed by atoms with van der Waals surface area (Å²) in [4.78, 5) is 0. The van der Waals surface area contributed by atoms with E-state index in [-0.39, 0.29) is 5.54 Å². The Bertz CT molecular complexity index is 329. The molecular formula is C15H25NO. The van der Waals surface area contributed by atoms with Crippen molar-refractivity contribution in [3.63, 3.8) is 0 Å². The van der Waals surface area contributed by atoms with Crippen LogP contribution in [0.15, 0.2) is 24.3 Å². The maximum atomic E-state index is 6.35. The Morgan fingerprint density at radius 2 is 1.88 bits per heavy atom. The minimum Gasteiger partial charge on any atom is -0.497 e. The maximum Gasteiger partial charge on any atom is 0.118 e. The highest BCUT2D eigenvalue weighted by Crippen LogP contribution is 2.23. The number of rotatable bonds is 6. The topological polar surface area (TPSA) is 35.2 Å². The van der Waals surface area contributed by atoms with E-state index in [2.05, 4.69) is 32.9 Å². The van der Waals surface area contributed by atoms with Gasteiger partial charge in [-0.25, -0.2) is 0 Å². The van der Waals surface area contributed by atoms with Crippen LogP contribution in [-0.4, -0.2) is 12.6 Å². The minimum atomic E-state index is -0.0747. The molecule has 1 aromatic rings. The predicted octanol–water partition coefficient (Wildman–Crippen LogP) is 3.39. The van der Waals surface area contributed by atoms with E-state index in [1.54, 1.807) is 7.11 Å². The molecule has 0 amide bonds. The van der Waals surface area contributed by atoms with Gasteiger partial charge in [0.2, 0.25) is 0 Å². The van der Waals surface area contributed by atoms with Crippen molar-refractivity contribution in [2.75, 3.05) is 7.11 Å². The summed E-state index contributed by atoms with van der Waals surface area (Å²) in [6, 6.07) is 8.25. The van der Waals surface area contributed by atoms with Gasteiger partial charge in [0.25, 0.3) is 0 Å². The first-order chi connectivity index (χ1) is 7.99. The van der Waals surface area contributed by atoms with Crippen LogP contribution in [0.5, 0.6) is 5.75 Å². The fourth-order valence-electron chi connectivity index (χ4n) is 1.92. The third kappa shape index (κ3) is 4.04. The number of ether oxygens (including phenoxy) is 1. The lowest BCUT2D eigenvalue weighted by atomic mass is 9.81. The third-order valence-corrected chi connectivity index (χ3v) is 3.85. The molecule has 0 saturated carbocycles. The van der Waals surface area contributed by atoms with Crippen LogP contribution < -0.4 is 10.5 Å². The van der Waals surface area contributed by atoms with Gasteiger partial charge in [0.15, 0.2) is 0 Å². The average Bonchev–Trinajstić information content (AvgIpc) is 2.36. The van der Waals surface area contributed by atoms with Gasteiger partial charge in [0, 0.05) is 5.54 Å². The molecule has 2 nitrogen and oxygen atoms in total. The fourth-order valence-corrected chi connectivity index (χ4v) is 1.92. The standard InChI is InChI=1S/C15H25NO/c1-5-12(2)15(3,16)11-10-13-6-8-14(17-4)9-7-13/h6-9,12H,5,10-11,16H2,1-4H3. The van der Waals surface area contributed by atoms with E-state index in [0.717, 1.165) is 25.0 Å². The number of aryl methyl sites for hydroxylation is 1. The predicted molar refractivity (Wildman–Crippen MR) is 73.4 cm³/mol. The van der Waals surface area contributed by atoms with E-state index in [1.165, 1.54) is 5.56 Å². The van der Waals surface area contributed by atoms with Crippen molar-refractivity contribution in [3.05, 3.63) is 29.8 Å². The van der Waals surface area contributed by atoms with Gasteiger partial charge < -0.3 is 10.5 Å². The van der Waals surface area contributed by atoms with Crippen molar-refractivity contribution in [2.24, 2.45) is 11.7 Å². The van der Waals surface area contributed by atoms with E-state index in [4.69, 9.17) is 10.5 Å². The molecule has 1 rings (SSSR count). The summed E-state index contributed by atoms with van der Waals surface area (Å²) in [5.41, 5.74) is 7.60. The van der Waals surface area contributed by atoms with Gasteiger partial charge in [-0.1, -0.05) is 32.4 Å². The van der Waals surface area contributed by atoms with E-state index < -0.39 is 0 Å². The van der Waals surface area contributed by atoms with E-state index in [9.17, 15) is 0 Å². The highest BCUT2D eigenvalue weighted by atomic mass is 16.5. The molecule has 0 fully saturated rings. The molecule has 2 unspecified atom stereocenters. The Labute approximate surface area is 105 Å². The molecule has 0 aliphatic rings. The summed E-state index contributed by atoms with van der Waals surface area (Å²) < 4.78 is 5.15. The third-order valence-electron chi connectivity index (χ3n) is 3.85. The first-order valence-corrected chi connectivity index (χ1v) is 6.41. The zero-order valence-corrected chi connectivity index (χ0v) is 11.5. The molecule has 0 radical (unpaired) electrons. The molecule has 0 heterocycles. The van der Waals surface area contributed by atoms with Gasteiger partial charge in [-0.05, 0) is 43.4 Å². The monoisotopic (exact) mass is 235 g/mol. The molecule has 1 aromatic carbocycles. The Hall–Kier alpha value is -1.02. The van der Waals surface area contributed by atoms with Crippen molar-refractivity contribution in [1.29, 1.82) is 0 Å². The summed E-state index contributed by atoms with van der Waals surface area (Å²) in [5, 5.41) is 0. The molecule has 96 valence electrons. The Balaban J connectivity index is 2.54. The van der Waals surface area contributed by atoms with Crippen molar-refractivity contribution in [2.45, 2.75) is 45.6 Å². The van der Waals surface area contributed by atoms with Gasteiger partial charge in [-0.3, -0.25) is 0 Å². The van der Waals surface area contributed by atoms with E-state index >= 15 is 0 Å². The summed E-state index contributed by atoms with van der Waals surface area (Å²) in [6.45, 7) is 6.59.